The summed E-state index contributed by atoms with van der Waals surface area (Å²) in [5.74, 6) is 0. The quantitative estimate of drug-likeness (QED) is 0.807. The molecule has 0 amide bonds. The van der Waals surface area contributed by atoms with E-state index < -0.39 is 0 Å². The Morgan fingerprint density at radius 2 is 2.14 bits per heavy atom. The molecule has 2 rings (SSSR count). The third kappa shape index (κ3) is 2.37. The molecule has 0 radical (unpaired) electrons. The van der Waals surface area contributed by atoms with Crippen molar-refractivity contribution in [3.05, 3.63) is 0 Å². The molecule has 1 heterocycles. The molecule has 0 spiro atoms. The third-order valence-electron chi connectivity index (χ3n) is 2.34. The number of hydrogen-bond donors (Lipinski definition) is 2. The van der Waals surface area contributed by atoms with Crippen LogP contribution in [0.25, 0.3) is 0 Å². The molecule has 1 aliphatic carbocycles. The first-order valence-corrected chi connectivity index (χ1v) is 6.39. The molecule has 1 saturated carbocycles. The average molecular weight is 231 g/mol. The molecule has 14 heavy (non-hydrogen) atoms. The summed E-state index contributed by atoms with van der Waals surface area (Å²) >= 11 is 3.00. The highest BCUT2D eigenvalue weighted by Crippen LogP contribution is 2.35. The van der Waals surface area contributed by atoms with Crippen LogP contribution in [0.2, 0.25) is 0 Å². The summed E-state index contributed by atoms with van der Waals surface area (Å²) in [5, 5.41) is 18.2. The van der Waals surface area contributed by atoms with Crippen LogP contribution in [0, 0.1) is 0 Å². The molecule has 0 aliphatic heterocycles. The standard InChI is InChI=1S/C8H13N3OS2/c9-7-10-11-8(14-7)13-6-4-2-1-3-5(6)12/h5-6,12H,1-4H2,(H2,9,10). The molecule has 2 atom stereocenters. The van der Waals surface area contributed by atoms with Crippen LogP contribution in [-0.2, 0) is 0 Å². The topological polar surface area (TPSA) is 72.0 Å². The molecular weight excluding hydrogens is 218 g/mol. The smallest absolute Gasteiger partial charge is 0.203 e. The van der Waals surface area contributed by atoms with Gasteiger partial charge >= 0.3 is 0 Å². The van der Waals surface area contributed by atoms with Crippen molar-refractivity contribution in [2.45, 2.75) is 41.4 Å². The maximum Gasteiger partial charge on any atom is 0.203 e. The van der Waals surface area contributed by atoms with Crippen molar-refractivity contribution >= 4 is 28.2 Å². The van der Waals surface area contributed by atoms with Crippen LogP contribution in [0.3, 0.4) is 0 Å². The van der Waals surface area contributed by atoms with Gasteiger partial charge in [0.15, 0.2) is 4.34 Å². The first kappa shape index (κ1) is 10.2. The zero-order valence-electron chi connectivity index (χ0n) is 7.72. The number of hydrogen-bond acceptors (Lipinski definition) is 6. The van der Waals surface area contributed by atoms with Gasteiger partial charge in [-0.15, -0.1) is 10.2 Å². The van der Waals surface area contributed by atoms with E-state index in [1.807, 2.05) is 0 Å². The van der Waals surface area contributed by atoms with Crippen molar-refractivity contribution in [2.24, 2.45) is 0 Å². The van der Waals surface area contributed by atoms with Crippen LogP contribution in [0.5, 0.6) is 0 Å². The molecule has 2 unspecified atom stereocenters. The molecule has 0 saturated heterocycles. The fourth-order valence-corrected chi connectivity index (χ4v) is 3.70. The van der Waals surface area contributed by atoms with Crippen molar-refractivity contribution in [3.63, 3.8) is 0 Å². The van der Waals surface area contributed by atoms with E-state index >= 15 is 0 Å². The van der Waals surface area contributed by atoms with Gasteiger partial charge < -0.3 is 10.8 Å². The molecule has 1 fully saturated rings. The molecule has 1 aromatic heterocycles. The van der Waals surface area contributed by atoms with E-state index in [1.165, 1.54) is 17.8 Å². The highest BCUT2D eigenvalue weighted by molar-refractivity contribution is 8.01. The van der Waals surface area contributed by atoms with E-state index in [0.29, 0.717) is 5.13 Å². The second-order valence-electron chi connectivity index (χ2n) is 3.41. The minimum Gasteiger partial charge on any atom is -0.392 e. The van der Waals surface area contributed by atoms with Crippen molar-refractivity contribution in [1.82, 2.24) is 10.2 Å². The molecular formula is C8H13N3OS2. The number of rotatable bonds is 2. The van der Waals surface area contributed by atoms with Crippen LogP contribution >= 0.6 is 23.1 Å². The molecule has 4 nitrogen and oxygen atoms in total. The van der Waals surface area contributed by atoms with Crippen LogP contribution in [0.15, 0.2) is 4.34 Å². The van der Waals surface area contributed by atoms with Gasteiger partial charge in [-0.25, -0.2) is 0 Å². The molecule has 1 aromatic rings. The summed E-state index contributed by atoms with van der Waals surface area (Å²) in [6.07, 6.45) is 4.11. The van der Waals surface area contributed by atoms with Crippen molar-refractivity contribution in [3.8, 4) is 0 Å². The van der Waals surface area contributed by atoms with Gasteiger partial charge in [0.2, 0.25) is 5.13 Å². The lowest BCUT2D eigenvalue weighted by Crippen LogP contribution is -2.26. The number of nitrogens with two attached hydrogens (primary N) is 1. The van der Waals surface area contributed by atoms with Gasteiger partial charge in [-0.05, 0) is 12.8 Å². The predicted octanol–water partition coefficient (Wildman–Crippen LogP) is 1.52. The lowest BCUT2D eigenvalue weighted by atomic mass is 9.97. The largest absolute Gasteiger partial charge is 0.392 e. The Bertz CT molecular complexity index is 305. The Hall–Kier alpha value is -0.330. The number of aromatic nitrogens is 2. The number of aliphatic hydroxyl groups excluding tert-OH is 1. The van der Waals surface area contributed by atoms with Crippen molar-refractivity contribution in [2.75, 3.05) is 5.73 Å². The van der Waals surface area contributed by atoms with Crippen LogP contribution in [0.1, 0.15) is 25.7 Å². The van der Waals surface area contributed by atoms with E-state index in [4.69, 9.17) is 5.73 Å². The van der Waals surface area contributed by atoms with Crippen LogP contribution in [0.4, 0.5) is 5.13 Å². The number of nitrogens with zero attached hydrogens (tertiary/aromatic N) is 2. The minimum absolute atomic E-state index is 0.195. The lowest BCUT2D eigenvalue weighted by molar-refractivity contribution is 0.137. The second-order valence-corrected chi connectivity index (χ2v) is 5.91. The molecule has 78 valence electrons. The Labute approximate surface area is 90.9 Å². The van der Waals surface area contributed by atoms with Crippen molar-refractivity contribution < 1.29 is 5.11 Å². The minimum atomic E-state index is -0.195. The van der Waals surface area contributed by atoms with E-state index in [0.717, 1.165) is 23.6 Å². The van der Waals surface area contributed by atoms with Gasteiger partial charge in [0, 0.05) is 5.25 Å². The summed E-state index contributed by atoms with van der Waals surface area (Å²) in [4.78, 5) is 0. The number of thioether (sulfide) groups is 1. The van der Waals surface area contributed by atoms with Gasteiger partial charge in [-0.2, -0.15) is 0 Å². The maximum atomic E-state index is 9.74. The summed E-state index contributed by atoms with van der Waals surface area (Å²) in [5.41, 5.74) is 5.49. The predicted molar refractivity (Wildman–Crippen MR) is 58.4 cm³/mol. The SMILES string of the molecule is Nc1nnc(SC2CCCCC2O)s1. The number of anilines is 1. The van der Waals surface area contributed by atoms with Crippen LogP contribution < -0.4 is 5.73 Å². The van der Waals surface area contributed by atoms with Crippen LogP contribution in [-0.4, -0.2) is 26.7 Å². The van der Waals surface area contributed by atoms with Gasteiger partial charge in [-0.1, -0.05) is 35.9 Å². The normalized spacial score (nSPS) is 27.8. The molecule has 1 aliphatic rings. The number of aliphatic hydroxyl groups is 1. The Kier molecular flexibility index (Phi) is 3.25. The highest BCUT2D eigenvalue weighted by atomic mass is 32.2. The van der Waals surface area contributed by atoms with Gasteiger partial charge in [0.05, 0.1) is 6.10 Å². The summed E-state index contributed by atoms with van der Waals surface area (Å²) in [7, 11) is 0. The molecule has 0 bridgehead atoms. The van der Waals surface area contributed by atoms with Crippen molar-refractivity contribution in [1.29, 1.82) is 0 Å². The van der Waals surface area contributed by atoms with E-state index in [9.17, 15) is 5.11 Å². The zero-order chi connectivity index (χ0) is 9.97. The molecule has 6 heteroatoms. The van der Waals surface area contributed by atoms with E-state index in [1.54, 1.807) is 11.8 Å². The Morgan fingerprint density at radius 3 is 2.79 bits per heavy atom. The highest BCUT2D eigenvalue weighted by Gasteiger charge is 2.25. The fraction of sp³-hybridized carbons (Fsp3) is 0.750. The van der Waals surface area contributed by atoms with Gasteiger partial charge in [-0.3, -0.25) is 0 Å². The zero-order valence-corrected chi connectivity index (χ0v) is 9.35. The van der Waals surface area contributed by atoms with E-state index in [-0.39, 0.29) is 11.4 Å². The first-order chi connectivity index (χ1) is 6.75. The van der Waals surface area contributed by atoms with Gasteiger partial charge in [0.1, 0.15) is 0 Å². The third-order valence-corrected chi connectivity index (χ3v) is 4.56. The Morgan fingerprint density at radius 1 is 1.36 bits per heavy atom. The summed E-state index contributed by atoms with van der Waals surface area (Å²) < 4.78 is 0.869. The summed E-state index contributed by atoms with van der Waals surface area (Å²) in [6.45, 7) is 0. The second kappa shape index (κ2) is 4.46. The summed E-state index contributed by atoms with van der Waals surface area (Å²) in [6, 6.07) is 0. The van der Waals surface area contributed by atoms with Gasteiger partial charge in [0.25, 0.3) is 0 Å². The molecule has 0 aromatic carbocycles. The monoisotopic (exact) mass is 231 g/mol. The molecule has 3 N–H and O–H groups in total. The Balaban J connectivity index is 1.95. The van der Waals surface area contributed by atoms with E-state index in [2.05, 4.69) is 10.2 Å². The maximum absolute atomic E-state index is 9.74. The average Bonchev–Trinajstić information content (AvgIpc) is 2.56. The first-order valence-electron chi connectivity index (χ1n) is 4.69. The number of nitrogen functional groups attached to an aromatic ring is 1. The fourth-order valence-electron chi connectivity index (χ4n) is 1.61. The lowest BCUT2D eigenvalue weighted by Gasteiger charge is -2.25.